The van der Waals surface area contributed by atoms with Crippen molar-refractivity contribution in [2.45, 2.75) is 56.6 Å². The molecule has 2 aliphatic heterocycles. The van der Waals surface area contributed by atoms with Crippen LogP contribution < -0.4 is 37.5 Å². The zero-order valence-corrected chi connectivity index (χ0v) is 16.9. The Balaban J connectivity index is 1.55. The second kappa shape index (κ2) is 8.86. The molecule has 0 radical (unpaired) electrons. The molecule has 1 saturated heterocycles. The van der Waals surface area contributed by atoms with E-state index in [0.29, 0.717) is 21.7 Å². The molecule has 0 spiro atoms. The Hall–Kier alpha value is -1.22. The van der Waals surface area contributed by atoms with Crippen molar-refractivity contribution >= 4 is 23.2 Å². The molecule has 1 aromatic carbocycles. The first-order valence-corrected chi connectivity index (χ1v) is 9.98. The first kappa shape index (κ1) is 20.5. The van der Waals surface area contributed by atoms with Gasteiger partial charge in [-0.2, -0.15) is 0 Å². The summed E-state index contributed by atoms with van der Waals surface area (Å²) in [5.74, 6) is 0.948. The van der Waals surface area contributed by atoms with Gasteiger partial charge in [-0.25, -0.2) is 0 Å². The van der Waals surface area contributed by atoms with Crippen LogP contribution in [0.3, 0.4) is 0 Å². The number of hydrogen-bond acceptors (Lipinski definition) is 7. The van der Waals surface area contributed by atoms with E-state index < -0.39 is 0 Å². The molecule has 2 heterocycles. The molecule has 0 amide bonds. The van der Waals surface area contributed by atoms with Crippen molar-refractivity contribution in [1.29, 1.82) is 0 Å². The van der Waals surface area contributed by atoms with Crippen LogP contribution in [-0.2, 0) is 0 Å². The van der Waals surface area contributed by atoms with E-state index in [9.17, 15) is 0 Å². The highest BCUT2D eigenvalue weighted by Gasteiger charge is 2.27. The highest BCUT2D eigenvalue weighted by Crippen LogP contribution is 2.32. The second-order valence-corrected chi connectivity index (χ2v) is 8.23. The fourth-order valence-corrected chi connectivity index (χ4v) is 3.61. The molecule has 0 bridgehead atoms. The standard InChI is InChI=1S/C18H28Cl2N6O/c1-18(22)7-3-6-13(23-9-8-18)25-17-16(21)26-14(10-24-17)27-12-5-2-4-11(19)15(12)20/h2,4-5,10,13,16-17,23-26H,3,6-9,21-22H2,1H3. The summed E-state index contributed by atoms with van der Waals surface area (Å²) in [5, 5.41) is 14.2. The van der Waals surface area contributed by atoms with Crippen LogP contribution in [0.15, 0.2) is 30.3 Å². The highest BCUT2D eigenvalue weighted by atomic mass is 35.5. The smallest absolute Gasteiger partial charge is 0.210 e. The molecule has 0 saturated carbocycles. The molecule has 8 N–H and O–H groups in total. The van der Waals surface area contributed by atoms with Crippen LogP contribution in [-0.4, -0.2) is 30.6 Å². The molecule has 0 aromatic heterocycles. The zero-order valence-electron chi connectivity index (χ0n) is 15.4. The minimum absolute atomic E-state index is 0.0877. The summed E-state index contributed by atoms with van der Waals surface area (Å²) in [5.41, 5.74) is 12.4. The predicted molar refractivity (Wildman–Crippen MR) is 109 cm³/mol. The van der Waals surface area contributed by atoms with E-state index in [1.807, 2.05) is 0 Å². The number of benzene rings is 1. The van der Waals surface area contributed by atoms with E-state index in [-0.39, 0.29) is 24.0 Å². The van der Waals surface area contributed by atoms with Crippen LogP contribution in [0, 0.1) is 0 Å². The van der Waals surface area contributed by atoms with E-state index in [1.165, 1.54) is 0 Å². The summed E-state index contributed by atoms with van der Waals surface area (Å²) >= 11 is 12.2. The van der Waals surface area contributed by atoms with Gasteiger partial charge in [0.1, 0.15) is 23.1 Å². The SMILES string of the molecule is CC1(N)CCCC(NC2NC=C(Oc3cccc(Cl)c3Cl)NC2N)NCC1. The third-order valence-corrected chi connectivity index (χ3v) is 5.71. The van der Waals surface area contributed by atoms with Crippen molar-refractivity contribution in [3.05, 3.63) is 40.3 Å². The maximum Gasteiger partial charge on any atom is 0.210 e. The average molecular weight is 415 g/mol. The summed E-state index contributed by atoms with van der Waals surface area (Å²) in [6.07, 6.45) is 5.40. The Morgan fingerprint density at radius 2 is 2.11 bits per heavy atom. The zero-order chi connectivity index (χ0) is 19.4. The number of halogens is 2. The van der Waals surface area contributed by atoms with Gasteiger partial charge in [-0.15, -0.1) is 0 Å². The first-order valence-electron chi connectivity index (χ1n) is 9.23. The van der Waals surface area contributed by atoms with Gasteiger partial charge in [-0.05, 0) is 51.3 Å². The van der Waals surface area contributed by atoms with Crippen molar-refractivity contribution < 1.29 is 4.74 Å². The molecule has 0 aliphatic carbocycles. The molecule has 7 nitrogen and oxygen atoms in total. The molecule has 1 aromatic rings. The molecule has 3 rings (SSSR count). The Morgan fingerprint density at radius 1 is 1.30 bits per heavy atom. The Morgan fingerprint density at radius 3 is 2.89 bits per heavy atom. The van der Waals surface area contributed by atoms with Gasteiger partial charge in [0, 0.05) is 5.54 Å². The normalized spacial score (nSPS) is 31.7. The quantitative estimate of drug-likeness (QED) is 0.445. The van der Waals surface area contributed by atoms with Gasteiger partial charge in [0.15, 0.2) is 0 Å². The summed E-state index contributed by atoms with van der Waals surface area (Å²) < 4.78 is 5.77. The molecular formula is C18H28Cl2N6O. The first-order chi connectivity index (χ1) is 12.8. The van der Waals surface area contributed by atoms with Crippen molar-refractivity contribution in [3.8, 4) is 5.75 Å². The topological polar surface area (TPSA) is 109 Å². The lowest BCUT2D eigenvalue weighted by Gasteiger charge is -2.37. The third-order valence-electron chi connectivity index (χ3n) is 4.91. The van der Waals surface area contributed by atoms with Gasteiger partial charge in [0.2, 0.25) is 5.88 Å². The third kappa shape index (κ3) is 5.63. The lowest BCUT2D eigenvalue weighted by atomic mass is 9.90. The fourth-order valence-electron chi connectivity index (χ4n) is 3.28. The number of rotatable bonds is 4. The molecule has 4 unspecified atom stereocenters. The van der Waals surface area contributed by atoms with E-state index in [1.54, 1.807) is 24.4 Å². The second-order valence-electron chi connectivity index (χ2n) is 7.45. The molecule has 1 fully saturated rings. The lowest BCUT2D eigenvalue weighted by molar-refractivity contribution is 0.224. The lowest BCUT2D eigenvalue weighted by Crippen LogP contribution is -2.66. The average Bonchev–Trinajstić information content (AvgIpc) is 2.59. The van der Waals surface area contributed by atoms with E-state index in [0.717, 1.165) is 32.2 Å². The summed E-state index contributed by atoms with van der Waals surface area (Å²) in [7, 11) is 0. The number of nitrogens with two attached hydrogens (primary N) is 2. The van der Waals surface area contributed by atoms with E-state index >= 15 is 0 Å². The maximum absolute atomic E-state index is 6.26. The molecule has 4 atom stereocenters. The minimum Gasteiger partial charge on any atom is -0.438 e. The van der Waals surface area contributed by atoms with Gasteiger partial charge >= 0.3 is 0 Å². The minimum atomic E-state index is -0.380. The molecule has 2 aliphatic rings. The maximum atomic E-state index is 6.26. The summed E-state index contributed by atoms with van der Waals surface area (Å²) in [4.78, 5) is 0. The van der Waals surface area contributed by atoms with E-state index in [2.05, 4.69) is 28.2 Å². The largest absolute Gasteiger partial charge is 0.438 e. The van der Waals surface area contributed by atoms with Crippen LogP contribution >= 0.6 is 23.2 Å². The Labute approximate surface area is 170 Å². The Bertz CT molecular complexity index is 672. The van der Waals surface area contributed by atoms with Gasteiger partial charge in [-0.1, -0.05) is 29.3 Å². The van der Waals surface area contributed by atoms with Gasteiger partial charge in [0.25, 0.3) is 0 Å². The van der Waals surface area contributed by atoms with Crippen LogP contribution in [0.1, 0.15) is 32.6 Å². The number of nitrogens with one attached hydrogen (secondary N) is 4. The van der Waals surface area contributed by atoms with Crippen LogP contribution in [0.25, 0.3) is 0 Å². The van der Waals surface area contributed by atoms with Crippen molar-refractivity contribution in [1.82, 2.24) is 21.3 Å². The molecular weight excluding hydrogens is 387 g/mol. The summed E-state index contributed by atoms with van der Waals surface area (Å²) in [6.45, 7) is 2.99. The summed E-state index contributed by atoms with van der Waals surface area (Å²) in [6, 6.07) is 5.23. The van der Waals surface area contributed by atoms with Gasteiger partial charge in [0.05, 0.1) is 17.4 Å². The molecule has 9 heteroatoms. The predicted octanol–water partition coefficient (Wildman–Crippen LogP) is 1.77. The van der Waals surface area contributed by atoms with Crippen molar-refractivity contribution in [2.75, 3.05) is 6.54 Å². The fraction of sp³-hybridized carbons (Fsp3) is 0.556. The number of ether oxygens (including phenoxy) is 1. The molecule has 150 valence electrons. The monoisotopic (exact) mass is 414 g/mol. The molecule has 27 heavy (non-hydrogen) atoms. The van der Waals surface area contributed by atoms with Crippen molar-refractivity contribution in [3.63, 3.8) is 0 Å². The Kier molecular flexibility index (Phi) is 6.73. The van der Waals surface area contributed by atoms with Gasteiger partial charge in [-0.3, -0.25) is 5.32 Å². The highest BCUT2D eigenvalue weighted by molar-refractivity contribution is 6.42. The number of hydrogen-bond donors (Lipinski definition) is 6. The van der Waals surface area contributed by atoms with Crippen LogP contribution in [0.4, 0.5) is 0 Å². The van der Waals surface area contributed by atoms with Crippen molar-refractivity contribution in [2.24, 2.45) is 11.5 Å². The van der Waals surface area contributed by atoms with Gasteiger partial charge < -0.3 is 32.2 Å². The van der Waals surface area contributed by atoms with Crippen LogP contribution in [0.5, 0.6) is 5.75 Å². The van der Waals surface area contributed by atoms with E-state index in [4.69, 9.17) is 39.4 Å². The van der Waals surface area contributed by atoms with Crippen LogP contribution in [0.2, 0.25) is 10.0 Å².